The SMILES string of the molecule is Cc1cc(Nc2c(F)cccc2F)nc(NCCc2c[nH]c3ccccc23)n1. The summed E-state index contributed by atoms with van der Waals surface area (Å²) in [5, 5.41) is 7.07. The molecule has 0 atom stereocenters. The Hall–Kier alpha value is -3.48. The topological polar surface area (TPSA) is 65.6 Å². The number of para-hydroxylation sites is 2. The van der Waals surface area contributed by atoms with Crippen LogP contribution in [0.3, 0.4) is 0 Å². The first kappa shape index (κ1) is 17.9. The number of aromatic nitrogens is 3. The predicted octanol–water partition coefficient (Wildman–Crippen LogP) is 4.94. The molecule has 142 valence electrons. The molecular weight excluding hydrogens is 360 g/mol. The van der Waals surface area contributed by atoms with Gasteiger partial charge in [-0.1, -0.05) is 24.3 Å². The highest BCUT2D eigenvalue weighted by Crippen LogP contribution is 2.23. The summed E-state index contributed by atoms with van der Waals surface area (Å²) in [6.45, 7) is 2.42. The van der Waals surface area contributed by atoms with Gasteiger partial charge in [0.25, 0.3) is 0 Å². The van der Waals surface area contributed by atoms with E-state index in [4.69, 9.17) is 0 Å². The molecule has 2 aromatic heterocycles. The first-order valence-corrected chi connectivity index (χ1v) is 8.96. The summed E-state index contributed by atoms with van der Waals surface area (Å²) in [7, 11) is 0. The van der Waals surface area contributed by atoms with E-state index in [1.807, 2.05) is 24.4 Å². The highest BCUT2D eigenvalue weighted by Gasteiger charge is 2.11. The summed E-state index contributed by atoms with van der Waals surface area (Å²) in [5.74, 6) is -0.625. The molecule has 0 spiro atoms. The maximum Gasteiger partial charge on any atom is 0.224 e. The molecule has 0 aliphatic rings. The van der Waals surface area contributed by atoms with E-state index in [0.29, 0.717) is 24.0 Å². The van der Waals surface area contributed by atoms with Crippen molar-refractivity contribution in [3.05, 3.63) is 77.6 Å². The number of aromatic amines is 1. The summed E-state index contributed by atoms with van der Waals surface area (Å²) in [6, 6.07) is 13.5. The molecule has 0 radical (unpaired) electrons. The van der Waals surface area contributed by atoms with E-state index in [9.17, 15) is 8.78 Å². The van der Waals surface area contributed by atoms with Crippen molar-refractivity contribution in [1.82, 2.24) is 15.0 Å². The Morgan fingerprint density at radius 1 is 1.00 bits per heavy atom. The first-order valence-electron chi connectivity index (χ1n) is 8.96. The molecule has 0 amide bonds. The van der Waals surface area contributed by atoms with Gasteiger partial charge in [0.2, 0.25) is 5.95 Å². The fourth-order valence-corrected chi connectivity index (χ4v) is 3.10. The second-order valence-corrected chi connectivity index (χ2v) is 6.48. The smallest absolute Gasteiger partial charge is 0.224 e. The largest absolute Gasteiger partial charge is 0.361 e. The molecule has 5 nitrogen and oxygen atoms in total. The number of benzene rings is 2. The minimum absolute atomic E-state index is 0.231. The van der Waals surface area contributed by atoms with Crippen LogP contribution in [-0.4, -0.2) is 21.5 Å². The van der Waals surface area contributed by atoms with Crippen LogP contribution in [0.25, 0.3) is 10.9 Å². The highest BCUT2D eigenvalue weighted by atomic mass is 19.1. The van der Waals surface area contributed by atoms with Crippen molar-refractivity contribution in [2.24, 2.45) is 0 Å². The van der Waals surface area contributed by atoms with Gasteiger partial charge in [-0.25, -0.2) is 13.8 Å². The minimum Gasteiger partial charge on any atom is -0.361 e. The molecule has 4 aromatic rings. The Bertz CT molecular complexity index is 1100. The Morgan fingerprint density at radius 3 is 2.61 bits per heavy atom. The third kappa shape index (κ3) is 3.78. The number of rotatable bonds is 6. The second-order valence-electron chi connectivity index (χ2n) is 6.48. The number of halogens is 2. The van der Waals surface area contributed by atoms with Gasteiger partial charge in [-0.2, -0.15) is 4.98 Å². The zero-order valence-electron chi connectivity index (χ0n) is 15.3. The highest BCUT2D eigenvalue weighted by molar-refractivity contribution is 5.83. The van der Waals surface area contributed by atoms with E-state index in [-0.39, 0.29) is 5.69 Å². The Kier molecular flexibility index (Phi) is 4.89. The van der Waals surface area contributed by atoms with Gasteiger partial charge in [0, 0.05) is 35.4 Å². The lowest BCUT2D eigenvalue weighted by Crippen LogP contribution is -2.10. The van der Waals surface area contributed by atoms with Crippen molar-refractivity contribution in [3.8, 4) is 0 Å². The molecule has 0 bridgehead atoms. The Labute approximate surface area is 160 Å². The van der Waals surface area contributed by atoms with Gasteiger partial charge in [-0.15, -0.1) is 0 Å². The van der Waals surface area contributed by atoms with Gasteiger partial charge >= 0.3 is 0 Å². The Balaban J connectivity index is 1.46. The first-order chi connectivity index (χ1) is 13.6. The molecule has 0 saturated heterocycles. The monoisotopic (exact) mass is 379 g/mol. The predicted molar refractivity (Wildman–Crippen MR) is 107 cm³/mol. The molecule has 2 aromatic carbocycles. The molecule has 0 saturated carbocycles. The lowest BCUT2D eigenvalue weighted by molar-refractivity contribution is 0.590. The maximum atomic E-state index is 13.9. The van der Waals surface area contributed by atoms with Gasteiger partial charge in [-0.05, 0) is 37.1 Å². The third-order valence-electron chi connectivity index (χ3n) is 4.42. The van der Waals surface area contributed by atoms with Crippen LogP contribution in [0.5, 0.6) is 0 Å². The summed E-state index contributed by atoms with van der Waals surface area (Å²) in [6.07, 6.45) is 2.78. The van der Waals surface area contributed by atoms with Gasteiger partial charge in [0.05, 0.1) is 0 Å². The van der Waals surface area contributed by atoms with Gasteiger partial charge in [0.1, 0.15) is 23.1 Å². The lowest BCUT2D eigenvalue weighted by Gasteiger charge is -2.11. The van der Waals surface area contributed by atoms with E-state index in [1.54, 1.807) is 13.0 Å². The summed E-state index contributed by atoms with van der Waals surface area (Å²) >= 11 is 0. The van der Waals surface area contributed by atoms with E-state index >= 15 is 0 Å². The van der Waals surface area contributed by atoms with Gasteiger partial charge < -0.3 is 15.6 Å². The second kappa shape index (κ2) is 7.64. The lowest BCUT2D eigenvalue weighted by atomic mass is 10.1. The van der Waals surface area contributed by atoms with E-state index in [1.165, 1.54) is 29.1 Å². The number of hydrogen-bond donors (Lipinski definition) is 3. The van der Waals surface area contributed by atoms with Crippen molar-refractivity contribution < 1.29 is 8.78 Å². The van der Waals surface area contributed by atoms with Crippen molar-refractivity contribution in [2.45, 2.75) is 13.3 Å². The van der Waals surface area contributed by atoms with Crippen LogP contribution in [0, 0.1) is 18.6 Å². The van der Waals surface area contributed by atoms with Gasteiger partial charge in [-0.3, -0.25) is 0 Å². The van der Waals surface area contributed by atoms with Crippen LogP contribution in [0.4, 0.5) is 26.2 Å². The van der Waals surface area contributed by atoms with Crippen molar-refractivity contribution in [1.29, 1.82) is 0 Å². The Morgan fingerprint density at radius 2 is 1.79 bits per heavy atom. The third-order valence-corrected chi connectivity index (χ3v) is 4.42. The number of aryl methyl sites for hydroxylation is 1. The molecule has 28 heavy (non-hydrogen) atoms. The van der Waals surface area contributed by atoms with Crippen LogP contribution < -0.4 is 10.6 Å². The fourth-order valence-electron chi connectivity index (χ4n) is 3.10. The minimum atomic E-state index is -0.676. The molecule has 0 aliphatic heterocycles. The number of nitrogens with one attached hydrogen (secondary N) is 3. The summed E-state index contributed by atoms with van der Waals surface area (Å²) < 4.78 is 27.7. The van der Waals surface area contributed by atoms with Crippen molar-refractivity contribution in [2.75, 3.05) is 17.2 Å². The number of hydrogen-bond acceptors (Lipinski definition) is 4. The molecule has 0 fully saturated rings. The van der Waals surface area contributed by atoms with Crippen LogP contribution >= 0.6 is 0 Å². The van der Waals surface area contributed by atoms with Crippen LogP contribution in [-0.2, 0) is 6.42 Å². The van der Waals surface area contributed by atoms with Crippen molar-refractivity contribution >= 4 is 28.4 Å². The molecule has 4 rings (SSSR count). The summed E-state index contributed by atoms with van der Waals surface area (Å²) in [5.41, 5.74) is 2.75. The van der Waals surface area contributed by atoms with E-state index in [0.717, 1.165) is 11.9 Å². The van der Waals surface area contributed by atoms with Gasteiger partial charge in [0.15, 0.2) is 0 Å². The van der Waals surface area contributed by atoms with E-state index in [2.05, 4.69) is 31.7 Å². The van der Waals surface area contributed by atoms with Crippen LogP contribution in [0.1, 0.15) is 11.3 Å². The van der Waals surface area contributed by atoms with E-state index < -0.39 is 11.6 Å². The number of anilines is 3. The average molecular weight is 379 g/mol. The summed E-state index contributed by atoms with van der Waals surface area (Å²) in [4.78, 5) is 11.9. The van der Waals surface area contributed by atoms with Crippen LogP contribution in [0.15, 0.2) is 54.7 Å². The molecule has 2 heterocycles. The number of fused-ring (bicyclic) bond motifs is 1. The average Bonchev–Trinajstić information content (AvgIpc) is 3.08. The normalized spacial score (nSPS) is 11.0. The molecule has 3 N–H and O–H groups in total. The molecular formula is C21H19F2N5. The zero-order valence-corrected chi connectivity index (χ0v) is 15.3. The maximum absolute atomic E-state index is 13.9. The number of H-pyrrole nitrogens is 1. The molecule has 0 unspecified atom stereocenters. The number of nitrogens with zero attached hydrogens (tertiary/aromatic N) is 2. The zero-order chi connectivity index (χ0) is 19.5. The molecule has 0 aliphatic carbocycles. The van der Waals surface area contributed by atoms with Crippen LogP contribution in [0.2, 0.25) is 0 Å². The standard InChI is InChI=1S/C21H19F2N5/c1-13-11-19(27-20-16(22)6-4-7-17(20)23)28-21(26-13)24-10-9-14-12-25-18-8-3-2-5-15(14)18/h2-8,11-12,25H,9-10H2,1H3,(H2,24,26,27,28). The molecule has 7 heteroatoms. The van der Waals surface area contributed by atoms with Crippen molar-refractivity contribution in [3.63, 3.8) is 0 Å². The fraction of sp³-hybridized carbons (Fsp3) is 0.143. The quantitative estimate of drug-likeness (QED) is 0.444.